The van der Waals surface area contributed by atoms with Crippen molar-refractivity contribution in [2.45, 2.75) is 6.54 Å². The lowest BCUT2D eigenvalue weighted by atomic mass is 10.2. The van der Waals surface area contributed by atoms with Crippen LogP contribution < -0.4 is 5.32 Å². The fourth-order valence-corrected chi connectivity index (χ4v) is 3.22. The molecule has 1 saturated heterocycles. The van der Waals surface area contributed by atoms with E-state index in [4.69, 9.17) is 11.6 Å². The van der Waals surface area contributed by atoms with Crippen molar-refractivity contribution in [3.05, 3.63) is 88.8 Å². The number of aromatic hydroxyl groups is 1. The largest absolute Gasteiger partial charge is 0.508 e. The maximum Gasteiger partial charge on any atom is 0.329 e. The zero-order valence-electron chi connectivity index (χ0n) is 14.7. The molecule has 3 aromatic rings. The highest BCUT2D eigenvalue weighted by atomic mass is 35.5. The van der Waals surface area contributed by atoms with E-state index in [0.717, 1.165) is 10.6 Å². The first-order valence-electron chi connectivity index (χ1n) is 8.57. The van der Waals surface area contributed by atoms with Gasteiger partial charge in [-0.2, -0.15) is 0 Å². The maximum absolute atomic E-state index is 12.7. The van der Waals surface area contributed by atoms with E-state index in [2.05, 4.69) is 5.32 Å². The Bertz CT molecular complexity index is 1090. The number of benzene rings is 2. The number of hydrogen-bond acceptors (Lipinski definition) is 3. The lowest BCUT2D eigenvalue weighted by molar-refractivity contribution is -0.123. The second-order valence-corrected chi connectivity index (χ2v) is 6.70. The molecule has 0 unspecified atom stereocenters. The number of phenolic OH excluding ortho intramolecular Hbond substituents is 1. The molecule has 1 aliphatic rings. The van der Waals surface area contributed by atoms with Crippen molar-refractivity contribution < 1.29 is 14.7 Å². The Labute approximate surface area is 166 Å². The molecule has 140 valence electrons. The Hall–Kier alpha value is -3.51. The van der Waals surface area contributed by atoms with Gasteiger partial charge in [0, 0.05) is 22.6 Å². The molecule has 4 rings (SSSR count). The molecule has 3 amide bonds. The number of carbonyl (C=O) groups is 2. The Morgan fingerprint density at radius 2 is 1.75 bits per heavy atom. The molecule has 0 bridgehead atoms. The number of phenols is 1. The number of aromatic nitrogens is 1. The van der Waals surface area contributed by atoms with Gasteiger partial charge < -0.3 is 15.0 Å². The van der Waals surface area contributed by atoms with Crippen LogP contribution in [-0.4, -0.2) is 26.5 Å². The highest BCUT2D eigenvalue weighted by Crippen LogP contribution is 2.23. The third kappa shape index (κ3) is 3.37. The summed E-state index contributed by atoms with van der Waals surface area (Å²) in [6, 6.07) is 17.0. The minimum Gasteiger partial charge on any atom is -0.508 e. The van der Waals surface area contributed by atoms with Crippen molar-refractivity contribution in [1.82, 2.24) is 14.8 Å². The maximum atomic E-state index is 12.7. The summed E-state index contributed by atoms with van der Waals surface area (Å²) in [5, 5.41) is 12.6. The number of carbonyl (C=O) groups excluding carboxylic acids is 2. The van der Waals surface area contributed by atoms with Gasteiger partial charge in [0.05, 0.1) is 6.54 Å². The Morgan fingerprint density at radius 3 is 2.50 bits per heavy atom. The summed E-state index contributed by atoms with van der Waals surface area (Å²) < 4.78 is 1.85. The van der Waals surface area contributed by atoms with Gasteiger partial charge in [-0.3, -0.25) is 9.69 Å². The van der Waals surface area contributed by atoms with Crippen molar-refractivity contribution in [2.24, 2.45) is 0 Å². The summed E-state index contributed by atoms with van der Waals surface area (Å²) >= 11 is 6.14. The first-order valence-corrected chi connectivity index (χ1v) is 8.95. The van der Waals surface area contributed by atoms with Crippen LogP contribution >= 0.6 is 11.6 Å². The number of urea groups is 1. The van der Waals surface area contributed by atoms with E-state index in [0.29, 0.717) is 16.3 Å². The van der Waals surface area contributed by atoms with Crippen LogP contribution in [0.25, 0.3) is 11.8 Å². The first-order chi connectivity index (χ1) is 13.5. The van der Waals surface area contributed by atoms with E-state index in [1.807, 2.05) is 22.9 Å². The average molecular weight is 394 g/mol. The van der Waals surface area contributed by atoms with Crippen LogP contribution in [0.4, 0.5) is 4.79 Å². The fraction of sp³-hybridized carbons (Fsp3) is 0.0476. The lowest BCUT2D eigenvalue weighted by Gasteiger charge is -2.12. The quantitative estimate of drug-likeness (QED) is 0.521. The molecule has 1 fully saturated rings. The highest BCUT2D eigenvalue weighted by molar-refractivity contribution is 6.31. The van der Waals surface area contributed by atoms with E-state index in [1.54, 1.807) is 54.6 Å². The van der Waals surface area contributed by atoms with Crippen LogP contribution in [0.5, 0.6) is 5.75 Å². The van der Waals surface area contributed by atoms with Crippen LogP contribution in [0.15, 0.2) is 72.6 Å². The van der Waals surface area contributed by atoms with Crippen LogP contribution in [0.3, 0.4) is 0 Å². The van der Waals surface area contributed by atoms with Gasteiger partial charge in [0.2, 0.25) is 0 Å². The van der Waals surface area contributed by atoms with Crippen molar-refractivity contribution in [1.29, 1.82) is 0 Å². The fourth-order valence-electron chi connectivity index (χ4n) is 3.02. The van der Waals surface area contributed by atoms with E-state index in [-0.39, 0.29) is 18.0 Å². The van der Waals surface area contributed by atoms with Gasteiger partial charge in [0.25, 0.3) is 5.91 Å². The van der Waals surface area contributed by atoms with Gasteiger partial charge in [-0.25, -0.2) is 4.79 Å². The smallest absolute Gasteiger partial charge is 0.329 e. The standard InChI is InChI=1S/C21H16ClN3O3/c22-18-6-2-1-4-14(18)13-25-20(27)19(23-21(25)28)12-16-5-3-11-24(16)15-7-9-17(26)10-8-15/h1-12,26H,13H2,(H,23,28)/b19-12+. The summed E-state index contributed by atoms with van der Waals surface area (Å²) in [6.45, 7) is 0.0979. The zero-order valence-corrected chi connectivity index (χ0v) is 15.4. The molecule has 0 aliphatic carbocycles. The van der Waals surface area contributed by atoms with Crippen molar-refractivity contribution in [3.63, 3.8) is 0 Å². The van der Waals surface area contributed by atoms with Gasteiger partial charge in [-0.05, 0) is 54.1 Å². The Balaban J connectivity index is 1.61. The SMILES string of the molecule is O=C1N/C(=C/c2cccn2-c2ccc(O)cc2)C(=O)N1Cc1ccccc1Cl. The number of hydrogen-bond donors (Lipinski definition) is 2. The topological polar surface area (TPSA) is 74.6 Å². The van der Waals surface area contributed by atoms with Crippen molar-refractivity contribution >= 4 is 29.6 Å². The van der Waals surface area contributed by atoms with Crippen molar-refractivity contribution in [3.8, 4) is 11.4 Å². The predicted octanol–water partition coefficient (Wildman–Crippen LogP) is 3.93. The number of halogens is 1. The Morgan fingerprint density at radius 1 is 1.00 bits per heavy atom. The number of nitrogens with one attached hydrogen (secondary N) is 1. The zero-order chi connectivity index (χ0) is 19.7. The van der Waals surface area contributed by atoms with Gasteiger partial charge in [0.15, 0.2) is 0 Å². The third-order valence-corrected chi connectivity index (χ3v) is 4.82. The molecular weight excluding hydrogens is 378 g/mol. The Kier molecular flexibility index (Phi) is 4.63. The number of rotatable bonds is 4. The molecule has 2 heterocycles. The summed E-state index contributed by atoms with van der Waals surface area (Å²) in [4.78, 5) is 26.2. The molecule has 1 aromatic heterocycles. The molecule has 2 N–H and O–H groups in total. The van der Waals surface area contributed by atoms with Crippen LogP contribution in [-0.2, 0) is 11.3 Å². The molecule has 1 aliphatic heterocycles. The lowest BCUT2D eigenvalue weighted by Crippen LogP contribution is -2.30. The van der Waals surface area contributed by atoms with Gasteiger partial charge in [0.1, 0.15) is 11.4 Å². The van der Waals surface area contributed by atoms with E-state index >= 15 is 0 Å². The molecular formula is C21H16ClN3O3. The second-order valence-electron chi connectivity index (χ2n) is 6.29. The van der Waals surface area contributed by atoms with Gasteiger partial charge >= 0.3 is 6.03 Å². The van der Waals surface area contributed by atoms with E-state index in [9.17, 15) is 14.7 Å². The predicted molar refractivity (Wildman–Crippen MR) is 106 cm³/mol. The minimum absolute atomic E-state index is 0.0979. The number of nitrogens with zero attached hydrogens (tertiary/aromatic N) is 2. The van der Waals surface area contributed by atoms with Crippen LogP contribution in [0.1, 0.15) is 11.3 Å². The van der Waals surface area contributed by atoms with E-state index in [1.165, 1.54) is 0 Å². The summed E-state index contributed by atoms with van der Waals surface area (Å²) in [5.74, 6) is -0.243. The normalized spacial score (nSPS) is 15.3. The molecule has 7 heteroatoms. The summed E-state index contributed by atoms with van der Waals surface area (Å²) in [6.07, 6.45) is 3.46. The van der Waals surface area contributed by atoms with Crippen molar-refractivity contribution in [2.75, 3.05) is 0 Å². The van der Waals surface area contributed by atoms with Gasteiger partial charge in [-0.1, -0.05) is 29.8 Å². The van der Waals surface area contributed by atoms with Crippen LogP contribution in [0, 0.1) is 0 Å². The molecule has 0 radical (unpaired) electrons. The van der Waals surface area contributed by atoms with E-state index < -0.39 is 11.9 Å². The summed E-state index contributed by atoms with van der Waals surface area (Å²) in [7, 11) is 0. The number of amides is 3. The molecule has 0 spiro atoms. The number of imide groups is 1. The molecule has 2 aromatic carbocycles. The molecule has 6 nitrogen and oxygen atoms in total. The highest BCUT2D eigenvalue weighted by Gasteiger charge is 2.34. The third-order valence-electron chi connectivity index (χ3n) is 4.45. The van der Waals surface area contributed by atoms with Gasteiger partial charge in [-0.15, -0.1) is 0 Å². The summed E-state index contributed by atoms with van der Waals surface area (Å²) in [5.41, 5.74) is 2.42. The molecule has 0 saturated carbocycles. The first kappa shape index (κ1) is 17.9. The van der Waals surface area contributed by atoms with Crippen LogP contribution in [0.2, 0.25) is 5.02 Å². The molecule has 0 atom stereocenters. The average Bonchev–Trinajstić information content (AvgIpc) is 3.24. The molecule has 28 heavy (non-hydrogen) atoms. The minimum atomic E-state index is -0.487. The second kappa shape index (κ2) is 7.25. The monoisotopic (exact) mass is 393 g/mol.